The molecule has 106 valence electrons. The zero-order valence-corrected chi connectivity index (χ0v) is 12.8. The van der Waals surface area contributed by atoms with Crippen LogP contribution in [0.3, 0.4) is 0 Å². The molecule has 0 aromatic carbocycles. The average molecular weight is 270 g/mol. The second-order valence-electron chi connectivity index (χ2n) is 5.66. The van der Waals surface area contributed by atoms with E-state index < -0.39 is 0 Å². The summed E-state index contributed by atoms with van der Waals surface area (Å²) in [6.07, 6.45) is 12.2. The van der Waals surface area contributed by atoms with E-state index in [1.807, 2.05) is 0 Å². The van der Waals surface area contributed by atoms with E-state index >= 15 is 0 Å². The Morgan fingerprint density at radius 1 is 1.17 bits per heavy atom. The van der Waals surface area contributed by atoms with E-state index in [4.69, 9.17) is 18.0 Å². The first-order valence-electron chi connectivity index (χ1n) is 7.75. The van der Waals surface area contributed by atoms with Gasteiger partial charge in [0.15, 0.2) is 0 Å². The molecule has 1 aliphatic heterocycles. The lowest BCUT2D eigenvalue weighted by Crippen LogP contribution is -2.40. The molecule has 0 spiro atoms. The van der Waals surface area contributed by atoms with Gasteiger partial charge in [-0.15, -0.1) is 0 Å². The Morgan fingerprint density at radius 3 is 2.50 bits per heavy atom. The highest BCUT2D eigenvalue weighted by Crippen LogP contribution is 2.17. The predicted molar refractivity (Wildman–Crippen MR) is 83.9 cm³/mol. The highest BCUT2D eigenvalue weighted by atomic mass is 32.1. The monoisotopic (exact) mass is 270 g/mol. The van der Waals surface area contributed by atoms with Crippen LogP contribution < -0.4 is 5.73 Å². The number of hydrogen-bond acceptors (Lipinski definition) is 2. The summed E-state index contributed by atoms with van der Waals surface area (Å²) in [4.78, 5) is 3.28. The van der Waals surface area contributed by atoms with Gasteiger partial charge in [-0.3, -0.25) is 0 Å². The molecule has 2 N–H and O–H groups in total. The van der Waals surface area contributed by atoms with Gasteiger partial charge in [0, 0.05) is 12.5 Å². The molecule has 1 saturated heterocycles. The molecule has 18 heavy (non-hydrogen) atoms. The van der Waals surface area contributed by atoms with Crippen molar-refractivity contribution in [2.24, 2.45) is 11.7 Å². The third kappa shape index (κ3) is 6.69. The molecule has 0 aromatic heterocycles. The van der Waals surface area contributed by atoms with Gasteiger partial charge in [-0.05, 0) is 32.4 Å². The van der Waals surface area contributed by atoms with Crippen LogP contribution >= 0.6 is 12.2 Å². The Bertz CT molecular complexity index is 231. The number of thiocarbonyl (C=S) groups is 1. The van der Waals surface area contributed by atoms with E-state index in [0.29, 0.717) is 5.92 Å². The van der Waals surface area contributed by atoms with Gasteiger partial charge < -0.3 is 10.6 Å². The van der Waals surface area contributed by atoms with Crippen molar-refractivity contribution in [2.45, 2.75) is 64.7 Å². The van der Waals surface area contributed by atoms with Crippen LogP contribution in [0, 0.1) is 5.92 Å². The molecule has 1 aliphatic rings. The first kappa shape index (κ1) is 15.9. The van der Waals surface area contributed by atoms with Gasteiger partial charge >= 0.3 is 0 Å². The topological polar surface area (TPSA) is 29.3 Å². The van der Waals surface area contributed by atoms with Gasteiger partial charge in [-0.25, -0.2) is 0 Å². The van der Waals surface area contributed by atoms with Crippen molar-refractivity contribution in [3.8, 4) is 0 Å². The highest BCUT2D eigenvalue weighted by Gasteiger charge is 2.20. The van der Waals surface area contributed by atoms with Crippen LogP contribution in [0.25, 0.3) is 0 Å². The van der Waals surface area contributed by atoms with Gasteiger partial charge in [-0.1, -0.05) is 57.7 Å². The molecule has 0 aliphatic carbocycles. The zero-order chi connectivity index (χ0) is 13.2. The minimum absolute atomic E-state index is 0.471. The maximum atomic E-state index is 5.76. The lowest BCUT2D eigenvalue weighted by atomic mass is 9.98. The second kappa shape index (κ2) is 9.74. The third-order valence-electron chi connectivity index (χ3n) is 3.99. The molecule has 0 bridgehead atoms. The van der Waals surface area contributed by atoms with Crippen LogP contribution in [0.15, 0.2) is 0 Å². The second-order valence-corrected chi connectivity index (χ2v) is 6.13. The minimum Gasteiger partial charge on any atom is -0.393 e. The van der Waals surface area contributed by atoms with E-state index in [9.17, 15) is 0 Å². The van der Waals surface area contributed by atoms with E-state index in [-0.39, 0.29) is 0 Å². The smallest absolute Gasteiger partial charge is 0.0771 e. The van der Waals surface area contributed by atoms with Crippen LogP contribution in [0.4, 0.5) is 0 Å². The largest absolute Gasteiger partial charge is 0.393 e. The molecule has 1 unspecified atom stereocenters. The third-order valence-corrected chi connectivity index (χ3v) is 4.32. The summed E-state index contributed by atoms with van der Waals surface area (Å²) in [6, 6.07) is 0. The molecule has 1 fully saturated rings. The van der Waals surface area contributed by atoms with E-state index in [1.165, 1.54) is 70.9 Å². The lowest BCUT2D eigenvalue weighted by Gasteiger charge is -2.32. The van der Waals surface area contributed by atoms with Gasteiger partial charge in [0.1, 0.15) is 0 Å². The molecule has 0 aromatic rings. The summed E-state index contributed by atoms with van der Waals surface area (Å²) in [5.74, 6) is 0.471. The fourth-order valence-electron chi connectivity index (χ4n) is 2.78. The highest BCUT2D eigenvalue weighted by molar-refractivity contribution is 7.80. The Balaban J connectivity index is 2.00. The molecule has 2 nitrogen and oxygen atoms in total. The predicted octanol–water partition coefficient (Wildman–Crippen LogP) is 3.74. The van der Waals surface area contributed by atoms with Crippen molar-refractivity contribution in [3.05, 3.63) is 0 Å². The Morgan fingerprint density at radius 2 is 1.83 bits per heavy atom. The summed E-state index contributed by atoms with van der Waals surface area (Å²) in [5, 5.41) is 0. The zero-order valence-electron chi connectivity index (χ0n) is 12.0. The van der Waals surface area contributed by atoms with Crippen LogP contribution in [0.5, 0.6) is 0 Å². The van der Waals surface area contributed by atoms with Gasteiger partial charge in [-0.2, -0.15) is 0 Å². The molecular weight excluding hydrogens is 240 g/mol. The van der Waals surface area contributed by atoms with E-state index in [0.717, 1.165) is 11.5 Å². The van der Waals surface area contributed by atoms with E-state index in [1.54, 1.807) is 0 Å². The molecule has 0 radical (unpaired) electrons. The molecule has 0 saturated carbocycles. The standard InChI is InChI=1S/C15H30N2S/c1-2-3-4-5-6-7-8-11-17-12-9-10-14(13-17)15(16)18/h14H,2-13H2,1H3,(H2,16,18). The van der Waals surface area contributed by atoms with Crippen molar-refractivity contribution in [1.82, 2.24) is 4.90 Å². The fourth-order valence-corrected chi connectivity index (χ4v) is 2.98. The van der Waals surface area contributed by atoms with E-state index in [2.05, 4.69) is 11.8 Å². The maximum absolute atomic E-state index is 5.76. The molecule has 0 amide bonds. The summed E-state index contributed by atoms with van der Waals surface area (Å²) in [6.45, 7) is 5.86. The SMILES string of the molecule is CCCCCCCCCN1CCCC(C(N)=S)C1. The molecular formula is C15H30N2S. The van der Waals surface area contributed by atoms with Crippen molar-refractivity contribution in [3.63, 3.8) is 0 Å². The van der Waals surface area contributed by atoms with Crippen molar-refractivity contribution < 1.29 is 0 Å². The van der Waals surface area contributed by atoms with Crippen LogP contribution in [-0.2, 0) is 0 Å². The first-order valence-corrected chi connectivity index (χ1v) is 8.16. The number of piperidine rings is 1. The first-order chi connectivity index (χ1) is 8.74. The minimum atomic E-state index is 0.471. The van der Waals surface area contributed by atoms with Gasteiger partial charge in [0.05, 0.1) is 4.99 Å². The number of hydrogen-bond donors (Lipinski definition) is 1. The lowest BCUT2D eigenvalue weighted by molar-refractivity contribution is 0.201. The Labute approximate surface area is 118 Å². The van der Waals surface area contributed by atoms with Crippen molar-refractivity contribution in [2.75, 3.05) is 19.6 Å². The molecule has 3 heteroatoms. The Kier molecular flexibility index (Phi) is 8.60. The summed E-state index contributed by atoms with van der Waals surface area (Å²) >= 11 is 5.11. The summed E-state index contributed by atoms with van der Waals surface area (Å²) in [5.41, 5.74) is 5.76. The number of likely N-dealkylation sites (tertiary alicyclic amines) is 1. The molecule has 1 heterocycles. The summed E-state index contributed by atoms with van der Waals surface area (Å²) < 4.78 is 0. The molecule has 1 atom stereocenters. The normalized spacial score (nSPS) is 21.1. The quantitative estimate of drug-likeness (QED) is 0.511. The number of nitrogens with zero attached hydrogens (tertiary/aromatic N) is 1. The van der Waals surface area contributed by atoms with Crippen LogP contribution in [0.1, 0.15) is 64.7 Å². The fraction of sp³-hybridized carbons (Fsp3) is 0.933. The van der Waals surface area contributed by atoms with Crippen molar-refractivity contribution in [1.29, 1.82) is 0 Å². The number of unbranched alkanes of at least 4 members (excludes halogenated alkanes) is 6. The molecule has 1 rings (SSSR count). The van der Waals surface area contributed by atoms with Crippen LogP contribution in [-0.4, -0.2) is 29.5 Å². The van der Waals surface area contributed by atoms with Gasteiger partial charge in [0.2, 0.25) is 0 Å². The number of rotatable bonds is 9. The van der Waals surface area contributed by atoms with Gasteiger partial charge in [0.25, 0.3) is 0 Å². The van der Waals surface area contributed by atoms with Crippen molar-refractivity contribution >= 4 is 17.2 Å². The number of nitrogens with two attached hydrogens (primary N) is 1. The maximum Gasteiger partial charge on any atom is 0.0771 e. The average Bonchev–Trinajstić information content (AvgIpc) is 2.38. The Hall–Kier alpha value is -0.150. The van der Waals surface area contributed by atoms with Crippen LogP contribution in [0.2, 0.25) is 0 Å². The summed E-state index contributed by atoms with van der Waals surface area (Å²) in [7, 11) is 0.